The predicted octanol–water partition coefficient (Wildman–Crippen LogP) is 3.09. The van der Waals surface area contributed by atoms with Crippen LogP contribution in [0.2, 0.25) is 0 Å². The van der Waals surface area contributed by atoms with Gasteiger partial charge in [-0.25, -0.2) is 0 Å². The number of aromatic nitrogens is 1. The first kappa shape index (κ1) is 16.1. The van der Waals surface area contributed by atoms with Crippen LogP contribution in [0.3, 0.4) is 0 Å². The van der Waals surface area contributed by atoms with Gasteiger partial charge < -0.3 is 15.0 Å². The zero-order valence-electron chi connectivity index (χ0n) is 13.5. The topological polar surface area (TPSA) is 37.4 Å². The normalized spacial score (nSPS) is 16.8. The van der Waals surface area contributed by atoms with E-state index in [0.717, 1.165) is 38.5 Å². The molecule has 0 radical (unpaired) electrons. The van der Waals surface area contributed by atoms with Gasteiger partial charge in [0, 0.05) is 32.2 Å². The first-order valence-corrected chi connectivity index (χ1v) is 8.37. The van der Waals surface area contributed by atoms with E-state index in [9.17, 15) is 0 Å². The highest BCUT2D eigenvalue weighted by molar-refractivity contribution is 5.48. The van der Waals surface area contributed by atoms with Crippen molar-refractivity contribution in [1.29, 1.82) is 0 Å². The van der Waals surface area contributed by atoms with E-state index in [0.29, 0.717) is 5.92 Å². The molecule has 0 aliphatic carbocycles. The molecule has 1 aliphatic rings. The van der Waals surface area contributed by atoms with Crippen LogP contribution in [0.4, 0.5) is 5.69 Å². The lowest BCUT2D eigenvalue weighted by Gasteiger charge is -2.29. The summed E-state index contributed by atoms with van der Waals surface area (Å²) in [6.07, 6.45) is 8.77. The maximum atomic E-state index is 5.98. The van der Waals surface area contributed by atoms with Gasteiger partial charge in [0.05, 0.1) is 24.7 Å². The quantitative estimate of drug-likeness (QED) is 0.798. The van der Waals surface area contributed by atoms with Gasteiger partial charge in [-0.2, -0.15) is 0 Å². The van der Waals surface area contributed by atoms with E-state index < -0.39 is 0 Å². The number of pyridine rings is 1. The summed E-state index contributed by atoms with van der Waals surface area (Å²) in [5, 5.41) is 3.37. The van der Waals surface area contributed by atoms with E-state index in [-0.39, 0.29) is 0 Å². The Morgan fingerprint density at radius 2 is 2.10 bits per heavy atom. The number of ether oxygens (including phenoxy) is 1. The monoisotopic (exact) mass is 291 g/mol. The van der Waals surface area contributed by atoms with Gasteiger partial charge in [0.15, 0.2) is 0 Å². The van der Waals surface area contributed by atoms with Crippen LogP contribution in [0.25, 0.3) is 0 Å². The number of hydrogen-bond acceptors (Lipinski definition) is 4. The Bertz CT molecular complexity index is 405. The van der Waals surface area contributed by atoms with E-state index in [1.54, 1.807) is 0 Å². The minimum atomic E-state index is 0.660. The van der Waals surface area contributed by atoms with Gasteiger partial charge in [0.25, 0.3) is 0 Å². The summed E-state index contributed by atoms with van der Waals surface area (Å²) in [5.74, 6) is 1.56. The Morgan fingerprint density at radius 1 is 1.29 bits per heavy atom. The summed E-state index contributed by atoms with van der Waals surface area (Å²) >= 11 is 0. The average molecular weight is 291 g/mol. The van der Waals surface area contributed by atoms with E-state index in [1.165, 1.54) is 31.4 Å². The van der Waals surface area contributed by atoms with Gasteiger partial charge in [-0.3, -0.25) is 4.98 Å². The number of rotatable bonds is 8. The molecule has 0 aromatic carbocycles. The largest absolute Gasteiger partial charge is 0.492 e. The van der Waals surface area contributed by atoms with Crippen molar-refractivity contribution in [2.24, 2.45) is 5.92 Å². The molecule has 1 unspecified atom stereocenters. The molecule has 1 atom stereocenters. The minimum Gasteiger partial charge on any atom is -0.492 e. The van der Waals surface area contributed by atoms with Crippen molar-refractivity contribution < 1.29 is 4.74 Å². The van der Waals surface area contributed by atoms with E-state index >= 15 is 0 Å². The van der Waals surface area contributed by atoms with E-state index in [1.807, 2.05) is 12.4 Å². The van der Waals surface area contributed by atoms with Crippen LogP contribution >= 0.6 is 0 Å². The number of piperazine rings is 1. The molecule has 118 valence electrons. The molecule has 0 saturated carbocycles. The Morgan fingerprint density at radius 3 is 2.81 bits per heavy atom. The summed E-state index contributed by atoms with van der Waals surface area (Å²) in [6.45, 7) is 9.47. The van der Waals surface area contributed by atoms with Gasteiger partial charge in [-0.1, -0.05) is 33.1 Å². The third-order valence-corrected chi connectivity index (χ3v) is 4.21. The molecule has 1 aromatic rings. The first-order valence-electron chi connectivity index (χ1n) is 8.37. The Hall–Kier alpha value is -1.29. The first-order chi connectivity index (χ1) is 10.3. The number of nitrogens with zero attached hydrogens (tertiary/aromatic N) is 2. The minimum absolute atomic E-state index is 0.660. The fourth-order valence-corrected chi connectivity index (χ4v) is 2.69. The molecule has 2 heterocycles. The highest BCUT2D eigenvalue weighted by Gasteiger charge is 2.12. The molecule has 1 aliphatic heterocycles. The maximum absolute atomic E-state index is 5.98. The third kappa shape index (κ3) is 5.20. The highest BCUT2D eigenvalue weighted by atomic mass is 16.5. The van der Waals surface area contributed by atoms with Crippen molar-refractivity contribution in [2.45, 2.75) is 39.5 Å². The van der Waals surface area contributed by atoms with Crippen LogP contribution < -0.4 is 15.0 Å². The molecule has 1 saturated heterocycles. The van der Waals surface area contributed by atoms with Gasteiger partial charge in [-0.15, -0.1) is 0 Å². The van der Waals surface area contributed by atoms with Crippen molar-refractivity contribution in [1.82, 2.24) is 10.3 Å². The molecule has 2 rings (SSSR count). The van der Waals surface area contributed by atoms with Crippen LogP contribution in [0, 0.1) is 5.92 Å². The number of unbranched alkanes of at least 4 members (excludes halogenated alkanes) is 1. The van der Waals surface area contributed by atoms with Crippen LogP contribution in [-0.4, -0.2) is 37.8 Å². The lowest BCUT2D eigenvalue weighted by molar-refractivity contribution is 0.232. The Kier molecular flexibility index (Phi) is 6.80. The predicted molar refractivity (Wildman–Crippen MR) is 88.1 cm³/mol. The molecule has 1 aromatic heterocycles. The van der Waals surface area contributed by atoms with Gasteiger partial charge in [0.1, 0.15) is 5.75 Å². The second-order valence-corrected chi connectivity index (χ2v) is 5.84. The van der Waals surface area contributed by atoms with Crippen LogP contribution in [0.5, 0.6) is 5.75 Å². The average Bonchev–Trinajstić information content (AvgIpc) is 2.56. The zero-order chi connectivity index (χ0) is 14.9. The van der Waals surface area contributed by atoms with Crippen molar-refractivity contribution in [2.75, 3.05) is 37.7 Å². The summed E-state index contributed by atoms with van der Waals surface area (Å²) in [6, 6.07) is 2.13. The number of hydrogen-bond donors (Lipinski definition) is 1. The van der Waals surface area contributed by atoms with Gasteiger partial charge in [0.2, 0.25) is 0 Å². The maximum Gasteiger partial charge on any atom is 0.139 e. The standard InChI is InChI=1S/C17H29N3O/c1-3-5-6-15(4-2)14-21-17-11-16(12-19-13-17)20-9-7-18-8-10-20/h11-13,15,18H,3-10,14H2,1-2H3. The van der Waals surface area contributed by atoms with Crippen LogP contribution in [0.1, 0.15) is 39.5 Å². The molecule has 0 spiro atoms. The van der Waals surface area contributed by atoms with E-state index in [2.05, 4.69) is 35.1 Å². The van der Waals surface area contributed by atoms with Crippen LogP contribution in [0.15, 0.2) is 18.5 Å². The summed E-state index contributed by atoms with van der Waals surface area (Å²) in [5.41, 5.74) is 1.18. The molecule has 4 nitrogen and oxygen atoms in total. The smallest absolute Gasteiger partial charge is 0.139 e. The second kappa shape index (κ2) is 8.88. The Labute approximate surface area is 128 Å². The van der Waals surface area contributed by atoms with Gasteiger partial charge >= 0.3 is 0 Å². The summed E-state index contributed by atoms with van der Waals surface area (Å²) < 4.78 is 5.98. The molecule has 0 amide bonds. The fraction of sp³-hybridized carbons (Fsp3) is 0.706. The molecular weight excluding hydrogens is 262 g/mol. The second-order valence-electron chi connectivity index (χ2n) is 5.84. The van der Waals surface area contributed by atoms with Crippen molar-refractivity contribution in [3.05, 3.63) is 18.5 Å². The van der Waals surface area contributed by atoms with E-state index in [4.69, 9.17) is 4.74 Å². The van der Waals surface area contributed by atoms with Crippen LogP contribution in [-0.2, 0) is 0 Å². The molecular formula is C17H29N3O. The SMILES string of the molecule is CCCCC(CC)COc1cncc(N2CCNCC2)c1. The molecule has 1 fully saturated rings. The summed E-state index contributed by atoms with van der Waals surface area (Å²) in [4.78, 5) is 6.70. The highest BCUT2D eigenvalue weighted by Crippen LogP contribution is 2.21. The zero-order valence-corrected chi connectivity index (χ0v) is 13.5. The van der Waals surface area contributed by atoms with Crippen molar-refractivity contribution in [3.63, 3.8) is 0 Å². The lowest BCUT2D eigenvalue weighted by Crippen LogP contribution is -2.43. The Balaban J connectivity index is 1.88. The molecule has 0 bridgehead atoms. The lowest BCUT2D eigenvalue weighted by atomic mass is 10.0. The summed E-state index contributed by atoms with van der Waals surface area (Å²) in [7, 11) is 0. The van der Waals surface area contributed by atoms with Crippen molar-refractivity contribution in [3.8, 4) is 5.75 Å². The molecule has 4 heteroatoms. The number of nitrogens with one attached hydrogen (secondary N) is 1. The molecule has 21 heavy (non-hydrogen) atoms. The van der Waals surface area contributed by atoms with Gasteiger partial charge in [-0.05, 0) is 12.3 Å². The fourth-order valence-electron chi connectivity index (χ4n) is 2.69. The number of anilines is 1. The molecule has 1 N–H and O–H groups in total. The third-order valence-electron chi connectivity index (χ3n) is 4.21. The van der Waals surface area contributed by atoms with Crippen molar-refractivity contribution >= 4 is 5.69 Å².